The van der Waals surface area contributed by atoms with Crippen LogP contribution < -0.4 is 10.6 Å². The SMILES string of the molecule is CC(=O)Nc1cccc(C(=O)NC(c2ccc(C(C)C)cc2)c2cccs2)c1. The largest absolute Gasteiger partial charge is 0.340 e. The first-order valence-electron chi connectivity index (χ1n) is 9.26. The molecule has 1 unspecified atom stereocenters. The van der Waals surface area contributed by atoms with Crippen LogP contribution in [0.2, 0.25) is 0 Å². The lowest BCUT2D eigenvalue weighted by molar-refractivity contribution is -0.114. The molecule has 0 saturated heterocycles. The van der Waals surface area contributed by atoms with E-state index in [1.807, 2.05) is 17.5 Å². The highest BCUT2D eigenvalue weighted by Gasteiger charge is 2.19. The molecular weight excluding hydrogens is 368 g/mol. The Balaban J connectivity index is 1.86. The van der Waals surface area contributed by atoms with Crippen molar-refractivity contribution in [1.29, 1.82) is 0 Å². The Bertz CT molecular complexity index is 947. The number of carbonyl (C=O) groups is 2. The molecule has 0 aliphatic rings. The van der Waals surface area contributed by atoms with E-state index in [1.54, 1.807) is 35.6 Å². The van der Waals surface area contributed by atoms with Crippen molar-refractivity contribution in [3.05, 3.63) is 87.6 Å². The zero-order chi connectivity index (χ0) is 20.1. The van der Waals surface area contributed by atoms with E-state index in [0.717, 1.165) is 10.4 Å². The Kier molecular flexibility index (Phi) is 6.26. The third-order valence-corrected chi connectivity index (χ3v) is 5.42. The van der Waals surface area contributed by atoms with Crippen LogP contribution in [0.4, 0.5) is 5.69 Å². The minimum Gasteiger partial charge on any atom is -0.340 e. The normalized spacial score (nSPS) is 11.9. The Morgan fingerprint density at radius 1 is 0.929 bits per heavy atom. The quantitative estimate of drug-likeness (QED) is 0.594. The number of nitrogens with one attached hydrogen (secondary N) is 2. The molecule has 0 bridgehead atoms. The molecule has 0 radical (unpaired) electrons. The molecule has 0 fully saturated rings. The van der Waals surface area contributed by atoms with Crippen molar-refractivity contribution in [3.8, 4) is 0 Å². The number of anilines is 1. The molecular formula is C23H24N2O2S. The van der Waals surface area contributed by atoms with Crippen molar-refractivity contribution in [2.24, 2.45) is 0 Å². The second-order valence-electron chi connectivity index (χ2n) is 7.01. The second kappa shape index (κ2) is 8.85. The number of amides is 2. The van der Waals surface area contributed by atoms with Gasteiger partial charge in [-0.25, -0.2) is 0 Å². The molecule has 3 rings (SSSR count). The third kappa shape index (κ3) is 4.87. The van der Waals surface area contributed by atoms with Gasteiger partial charge in [-0.15, -0.1) is 11.3 Å². The molecule has 144 valence electrons. The maximum atomic E-state index is 12.9. The van der Waals surface area contributed by atoms with Gasteiger partial charge in [0.2, 0.25) is 5.91 Å². The van der Waals surface area contributed by atoms with E-state index in [2.05, 4.69) is 48.7 Å². The summed E-state index contributed by atoms with van der Waals surface area (Å²) in [7, 11) is 0. The van der Waals surface area contributed by atoms with Gasteiger partial charge in [0, 0.05) is 23.1 Å². The van der Waals surface area contributed by atoms with Gasteiger partial charge in [-0.3, -0.25) is 9.59 Å². The Labute approximate surface area is 169 Å². The van der Waals surface area contributed by atoms with Crippen LogP contribution in [0.25, 0.3) is 0 Å². The first kappa shape index (κ1) is 19.8. The minimum absolute atomic E-state index is 0.167. The summed E-state index contributed by atoms with van der Waals surface area (Å²) in [5, 5.41) is 7.86. The zero-order valence-electron chi connectivity index (χ0n) is 16.2. The lowest BCUT2D eigenvalue weighted by Gasteiger charge is -2.19. The van der Waals surface area contributed by atoms with Crippen LogP contribution in [0.1, 0.15) is 59.1 Å². The molecule has 2 N–H and O–H groups in total. The molecule has 1 aromatic heterocycles. The smallest absolute Gasteiger partial charge is 0.252 e. The van der Waals surface area contributed by atoms with Gasteiger partial charge in [0.05, 0.1) is 6.04 Å². The monoisotopic (exact) mass is 392 g/mol. The molecule has 2 aromatic carbocycles. The molecule has 4 nitrogen and oxygen atoms in total. The Morgan fingerprint density at radius 3 is 2.25 bits per heavy atom. The number of rotatable bonds is 6. The summed E-state index contributed by atoms with van der Waals surface area (Å²) in [6, 6.07) is 19.1. The molecule has 2 amide bonds. The van der Waals surface area contributed by atoms with Gasteiger partial charge in [0.1, 0.15) is 0 Å². The lowest BCUT2D eigenvalue weighted by atomic mass is 9.98. The summed E-state index contributed by atoms with van der Waals surface area (Å²) < 4.78 is 0. The predicted molar refractivity (Wildman–Crippen MR) is 115 cm³/mol. The van der Waals surface area contributed by atoms with Gasteiger partial charge < -0.3 is 10.6 Å². The van der Waals surface area contributed by atoms with E-state index in [0.29, 0.717) is 17.2 Å². The average molecular weight is 393 g/mol. The molecule has 1 atom stereocenters. The number of hydrogen-bond acceptors (Lipinski definition) is 3. The summed E-state index contributed by atoms with van der Waals surface area (Å²) in [6.45, 7) is 5.77. The van der Waals surface area contributed by atoms with Crippen LogP contribution >= 0.6 is 11.3 Å². The summed E-state index contributed by atoms with van der Waals surface area (Å²) in [6.07, 6.45) is 0. The van der Waals surface area contributed by atoms with Gasteiger partial charge in [-0.05, 0) is 46.7 Å². The topological polar surface area (TPSA) is 58.2 Å². The zero-order valence-corrected chi connectivity index (χ0v) is 17.0. The van der Waals surface area contributed by atoms with Crippen molar-refractivity contribution in [2.75, 3.05) is 5.32 Å². The summed E-state index contributed by atoms with van der Waals surface area (Å²) >= 11 is 1.61. The average Bonchev–Trinajstić information content (AvgIpc) is 3.20. The third-order valence-electron chi connectivity index (χ3n) is 4.48. The first-order valence-corrected chi connectivity index (χ1v) is 10.1. The van der Waals surface area contributed by atoms with Crippen LogP contribution in [0, 0.1) is 0 Å². The number of carbonyl (C=O) groups excluding carboxylic acids is 2. The Morgan fingerprint density at radius 2 is 1.64 bits per heavy atom. The van der Waals surface area contributed by atoms with Crippen molar-refractivity contribution in [1.82, 2.24) is 5.32 Å². The van der Waals surface area contributed by atoms with E-state index in [4.69, 9.17) is 0 Å². The van der Waals surface area contributed by atoms with Crippen LogP contribution in [-0.4, -0.2) is 11.8 Å². The highest BCUT2D eigenvalue weighted by Crippen LogP contribution is 2.28. The molecule has 0 spiro atoms. The fourth-order valence-corrected chi connectivity index (χ4v) is 3.81. The minimum atomic E-state index is -0.224. The lowest BCUT2D eigenvalue weighted by Crippen LogP contribution is -2.29. The van der Waals surface area contributed by atoms with Gasteiger partial charge in [0.15, 0.2) is 0 Å². The van der Waals surface area contributed by atoms with Crippen LogP contribution in [0.5, 0.6) is 0 Å². The summed E-state index contributed by atoms with van der Waals surface area (Å²) in [5.41, 5.74) is 3.42. The first-order chi connectivity index (χ1) is 13.4. The van der Waals surface area contributed by atoms with E-state index < -0.39 is 0 Å². The van der Waals surface area contributed by atoms with Gasteiger partial charge in [-0.2, -0.15) is 0 Å². The molecule has 0 aliphatic heterocycles. The summed E-state index contributed by atoms with van der Waals surface area (Å²) in [4.78, 5) is 25.3. The van der Waals surface area contributed by atoms with Crippen molar-refractivity contribution >= 4 is 28.8 Å². The van der Waals surface area contributed by atoms with Gasteiger partial charge in [0.25, 0.3) is 5.91 Å². The fourth-order valence-electron chi connectivity index (χ4n) is 3.00. The highest BCUT2D eigenvalue weighted by atomic mass is 32.1. The van der Waals surface area contributed by atoms with Crippen LogP contribution in [-0.2, 0) is 4.79 Å². The molecule has 5 heteroatoms. The molecule has 3 aromatic rings. The molecule has 0 saturated carbocycles. The van der Waals surface area contributed by atoms with E-state index >= 15 is 0 Å². The van der Waals surface area contributed by atoms with Crippen molar-refractivity contribution in [3.63, 3.8) is 0 Å². The highest BCUT2D eigenvalue weighted by molar-refractivity contribution is 7.10. The molecule has 1 heterocycles. The standard InChI is InChI=1S/C23H24N2O2S/c1-15(2)17-9-11-18(12-10-17)22(21-8-5-13-28-21)25-23(27)19-6-4-7-20(14-19)24-16(3)26/h4-15,22H,1-3H3,(H,24,26)(H,25,27). The van der Waals surface area contributed by atoms with Crippen LogP contribution in [0.15, 0.2) is 66.0 Å². The van der Waals surface area contributed by atoms with E-state index in [9.17, 15) is 9.59 Å². The fraction of sp³-hybridized carbons (Fsp3) is 0.217. The van der Waals surface area contributed by atoms with E-state index in [-0.39, 0.29) is 17.9 Å². The number of benzene rings is 2. The molecule has 28 heavy (non-hydrogen) atoms. The molecule has 0 aliphatic carbocycles. The second-order valence-corrected chi connectivity index (χ2v) is 7.98. The van der Waals surface area contributed by atoms with Crippen molar-refractivity contribution in [2.45, 2.75) is 32.7 Å². The predicted octanol–water partition coefficient (Wildman–Crippen LogP) is 5.35. The van der Waals surface area contributed by atoms with Crippen molar-refractivity contribution < 1.29 is 9.59 Å². The number of thiophene rings is 1. The Hall–Kier alpha value is -2.92. The number of hydrogen-bond donors (Lipinski definition) is 2. The van der Waals surface area contributed by atoms with Gasteiger partial charge >= 0.3 is 0 Å². The van der Waals surface area contributed by atoms with Crippen LogP contribution in [0.3, 0.4) is 0 Å². The van der Waals surface area contributed by atoms with E-state index in [1.165, 1.54) is 12.5 Å². The van der Waals surface area contributed by atoms with Gasteiger partial charge in [-0.1, -0.05) is 50.2 Å². The maximum Gasteiger partial charge on any atom is 0.252 e. The maximum absolute atomic E-state index is 12.9. The summed E-state index contributed by atoms with van der Waals surface area (Å²) in [5.74, 6) is 0.109.